The van der Waals surface area contributed by atoms with Crippen molar-refractivity contribution >= 4 is 46.7 Å². The Morgan fingerprint density at radius 3 is 2.15 bits per heavy atom. The van der Waals surface area contributed by atoms with Gasteiger partial charge in [0.2, 0.25) is 0 Å². The Hall–Kier alpha value is -2.96. The van der Waals surface area contributed by atoms with Gasteiger partial charge in [0, 0.05) is 10.6 Å². The van der Waals surface area contributed by atoms with Crippen molar-refractivity contribution in [2.45, 2.75) is 19.4 Å². The Morgan fingerprint density at radius 1 is 0.970 bits per heavy atom. The Kier molecular flexibility index (Phi) is 5.38. The molecule has 3 amide bonds. The number of allylic oxidation sites excluding steroid dienone is 2. The summed E-state index contributed by atoms with van der Waals surface area (Å²) in [5, 5.41) is 2.27. The van der Waals surface area contributed by atoms with E-state index in [2.05, 4.69) is 0 Å². The van der Waals surface area contributed by atoms with Crippen molar-refractivity contribution in [3.63, 3.8) is 0 Å². The van der Waals surface area contributed by atoms with E-state index in [0.29, 0.717) is 10.6 Å². The molecule has 3 aliphatic rings. The molecule has 0 unspecified atom stereocenters. The summed E-state index contributed by atoms with van der Waals surface area (Å²) >= 11 is 12.3. The molecule has 0 N–H and O–H groups in total. The van der Waals surface area contributed by atoms with Crippen LogP contribution in [-0.2, 0) is 9.59 Å². The number of amides is 3. The third-order valence-corrected chi connectivity index (χ3v) is 7.38. The third kappa shape index (κ3) is 3.40. The number of carbonyl (C=O) groups excluding carboxylic acids is 4. The summed E-state index contributed by atoms with van der Waals surface area (Å²) < 4.78 is 0. The van der Waals surface area contributed by atoms with E-state index in [1.54, 1.807) is 30.3 Å². The summed E-state index contributed by atoms with van der Waals surface area (Å²) in [6, 6.07) is 11.7. The van der Waals surface area contributed by atoms with Gasteiger partial charge in [0.25, 0.3) is 17.7 Å². The molecule has 2 aromatic rings. The molecule has 8 heteroatoms. The molecule has 5 atom stereocenters. The lowest BCUT2D eigenvalue weighted by atomic mass is 9.85. The monoisotopic (exact) mass is 482 g/mol. The van der Waals surface area contributed by atoms with Gasteiger partial charge in [-0.25, -0.2) is 5.01 Å². The molecule has 0 aromatic heterocycles. The third-order valence-electron chi connectivity index (χ3n) is 6.84. The number of hydrazine groups is 1. The molecule has 5 rings (SSSR count). The largest absolute Gasteiger partial charge is 0.292 e. The molecule has 33 heavy (non-hydrogen) atoms. The minimum absolute atomic E-state index is 0.0300. The molecule has 168 valence electrons. The summed E-state index contributed by atoms with van der Waals surface area (Å²) in [5.41, 5.74) is 0.415. The first-order chi connectivity index (χ1) is 15.8. The SMILES string of the molecule is C[C@@H](C(=O)c1ccccc1)N(C(=O)c1ccc(Cl)cc1Cl)N1C(=O)[C@@H]2[C@H](C1=O)[C@H]1C=C[C@H]2C1. The van der Waals surface area contributed by atoms with Gasteiger partial charge in [-0.3, -0.25) is 19.2 Å². The Morgan fingerprint density at radius 2 is 1.58 bits per heavy atom. The number of ketones is 1. The average Bonchev–Trinajstić information content (AvgIpc) is 3.49. The normalized spacial score (nSPS) is 26.0. The highest BCUT2D eigenvalue weighted by Crippen LogP contribution is 2.53. The van der Waals surface area contributed by atoms with Crippen LogP contribution in [0.2, 0.25) is 10.0 Å². The van der Waals surface area contributed by atoms with E-state index in [-0.39, 0.29) is 22.4 Å². The van der Waals surface area contributed by atoms with E-state index >= 15 is 0 Å². The van der Waals surface area contributed by atoms with E-state index in [4.69, 9.17) is 23.2 Å². The Labute approximate surface area is 200 Å². The van der Waals surface area contributed by atoms with Gasteiger partial charge >= 0.3 is 0 Å². The molecule has 2 fully saturated rings. The maximum absolute atomic E-state index is 13.7. The molecule has 1 heterocycles. The topological polar surface area (TPSA) is 74.8 Å². The summed E-state index contributed by atoms with van der Waals surface area (Å²) in [4.78, 5) is 54.0. The predicted molar refractivity (Wildman–Crippen MR) is 122 cm³/mol. The van der Waals surface area contributed by atoms with Crippen LogP contribution in [0, 0.1) is 23.7 Å². The van der Waals surface area contributed by atoms with E-state index in [9.17, 15) is 19.2 Å². The number of Topliss-reactive ketones (excluding diaryl/α,β-unsaturated/α-hetero) is 1. The lowest BCUT2D eigenvalue weighted by molar-refractivity contribution is -0.157. The second kappa shape index (κ2) is 8.12. The van der Waals surface area contributed by atoms with Crippen LogP contribution in [-0.4, -0.2) is 39.6 Å². The molecular weight excluding hydrogens is 463 g/mol. The Balaban J connectivity index is 1.57. The summed E-state index contributed by atoms with van der Waals surface area (Å²) in [5.74, 6) is -3.09. The second-order valence-corrected chi connectivity index (χ2v) is 9.51. The molecule has 1 aliphatic heterocycles. The highest BCUT2D eigenvalue weighted by Gasteiger charge is 2.61. The van der Waals surface area contributed by atoms with Crippen LogP contribution in [0.4, 0.5) is 0 Å². The predicted octanol–water partition coefficient (Wildman–Crippen LogP) is 4.43. The minimum Gasteiger partial charge on any atom is -0.292 e. The van der Waals surface area contributed by atoms with E-state index in [1.807, 2.05) is 12.2 Å². The van der Waals surface area contributed by atoms with Crippen LogP contribution in [0.3, 0.4) is 0 Å². The van der Waals surface area contributed by atoms with Crippen molar-refractivity contribution in [2.24, 2.45) is 23.7 Å². The number of benzene rings is 2. The van der Waals surface area contributed by atoms with Crippen molar-refractivity contribution in [3.8, 4) is 0 Å². The van der Waals surface area contributed by atoms with Gasteiger partial charge in [-0.05, 0) is 43.4 Å². The maximum atomic E-state index is 13.7. The van der Waals surface area contributed by atoms with Crippen molar-refractivity contribution < 1.29 is 19.2 Å². The Bertz CT molecular complexity index is 1180. The van der Waals surface area contributed by atoms with Gasteiger partial charge in [0.05, 0.1) is 22.4 Å². The fraction of sp³-hybridized carbons (Fsp3) is 0.280. The number of nitrogens with zero attached hydrogens (tertiary/aromatic N) is 2. The molecule has 0 spiro atoms. The van der Waals surface area contributed by atoms with Gasteiger partial charge in [-0.1, -0.05) is 65.7 Å². The van der Waals surface area contributed by atoms with Crippen LogP contribution in [0.15, 0.2) is 60.7 Å². The summed E-state index contributed by atoms with van der Waals surface area (Å²) in [6.07, 6.45) is 4.71. The van der Waals surface area contributed by atoms with Crippen LogP contribution in [0.1, 0.15) is 34.1 Å². The highest BCUT2D eigenvalue weighted by molar-refractivity contribution is 6.36. The second-order valence-electron chi connectivity index (χ2n) is 8.67. The molecule has 2 aromatic carbocycles. The fourth-order valence-corrected chi connectivity index (χ4v) is 5.77. The molecule has 2 aliphatic carbocycles. The van der Waals surface area contributed by atoms with Crippen molar-refractivity contribution in [3.05, 3.63) is 81.9 Å². The van der Waals surface area contributed by atoms with E-state index in [0.717, 1.165) is 16.4 Å². The molecule has 2 bridgehead atoms. The number of rotatable bonds is 5. The average molecular weight is 483 g/mol. The first-order valence-electron chi connectivity index (χ1n) is 10.7. The number of hydrogen-bond donors (Lipinski definition) is 0. The molecule has 1 saturated heterocycles. The van der Waals surface area contributed by atoms with Gasteiger partial charge in [-0.2, -0.15) is 5.01 Å². The lowest BCUT2D eigenvalue weighted by Gasteiger charge is -2.35. The van der Waals surface area contributed by atoms with Crippen molar-refractivity contribution in [1.82, 2.24) is 10.0 Å². The summed E-state index contributed by atoms with van der Waals surface area (Å²) in [6.45, 7) is 1.51. The van der Waals surface area contributed by atoms with Crippen LogP contribution >= 0.6 is 23.2 Å². The number of hydrogen-bond acceptors (Lipinski definition) is 4. The minimum atomic E-state index is -1.12. The van der Waals surface area contributed by atoms with Gasteiger partial charge in [-0.15, -0.1) is 0 Å². The zero-order valence-corrected chi connectivity index (χ0v) is 19.2. The molecular formula is C25H20Cl2N2O4. The molecule has 6 nitrogen and oxygen atoms in total. The fourth-order valence-electron chi connectivity index (χ4n) is 5.28. The highest BCUT2D eigenvalue weighted by atomic mass is 35.5. The maximum Gasteiger partial charge on any atom is 0.275 e. The molecule has 0 radical (unpaired) electrons. The van der Waals surface area contributed by atoms with Gasteiger partial charge in [0.15, 0.2) is 5.78 Å². The zero-order valence-electron chi connectivity index (χ0n) is 17.7. The number of fused-ring (bicyclic) bond motifs is 5. The van der Waals surface area contributed by atoms with E-state index in [1.165, 1.54) is 25.1 Å². The zero-order chi connectivity index (χ0) is 23.4. The molecule has 1 saturated carbocycles. The number of carbonyl (C=O) groups is 4. The summed E-state index contributed by atoms with van der Waals surface area (Å²) in [7, 11) is 0. The van der Waals surface area contributed by atoms with Crippen LogP contribution in [0.5, 0.6) is 0 Å². The van der Waals surface area contributed by atoms with Gasteiger partial charge in [0.1, 0.15) is 6.04 Å². The van der Waals surface area contributed by atoms with E-state index < -0.39 is 41.4 Å². The first kappa shape index (κ1) is 21.9. The number of imide groups is 1. The van der Waals surface area contributed by atoms with Gasteiger partial charge < -0.3 is 0 Å². The number of halogens is 2. The van der Waals surface area contributed by atoms with Crippen molar-refractivity contribution in [1.29, 1.82) is 0 Å². The smallest absolute Gasteiger partial charge is 0.275 e. The van der Waals surface area contributed by atoms with Crippen molar-refractivity contribution in [2.75, 3.05) is 0 Å². The standard InChI is InChI=1S/C25H20Cl2N2O4/c1-13(22(30)14-5-3-2-4-6-14)28(23(31)18-10-9-17(26)12-19(18)27)29-24(32)20-15-7-8-16(11-15)21(20)25(29)33/h2-10,12-13,15-16,20-21H,11H2,1H3/t13-,15-,16-,20-,21+/m0/s1. The quantitative estimate of drug-likeness (QED) is 0.358. The lowest BCUT2D eigenvalue weighted by Crippen LogP contribution is -2.57. The van der Waals surface area contributed by atoms with Crippen LogP contribution < -0.4 is 0 Å². The van der Waals surface area contributed by atoms with Crippen LogP contribution in [0.25, 0.3) is 0 Å². The first-order valence-corrected chi connectivity index (χ1v) is 11.5.